The van der Waals surface area contributed by atoms with Crippen molar-refractivity contribution >= 4 is 10.8 Å². The van der Waals surface area contributed by atoms with Crippen LogP contribution in [0, 0.1) is 18.8 Å². The van der Waals surface area contributed by atoms with E-state index in [-0.39, 0.29) is 0 Å². The Labute approximate surface area is 218 Å². The van der Waals surface area contributed by atoms with E-state index in [1.807, 2.05) is 13.8 Å². The number of hydrogen-bond acceptors (Lipinski definition) is 0. The molecule has 2 aliphatic carbocycles. The van der Waals surface area contributed by atoms with Crippen LogP contribution < -0.4 is 4.57 Å². The lowest BCUT2D eigenvalue weighted by Gasteiger charge is -2.24. The molecule has 2 unspecified atom stereocenters. The minimum Gasteiger partial charge on any atom is -0.201 e. The summed E-state index contributed by atoms with van der Waals surface area (Å²) >= 11 is 0. The van der Waals surface area contributed by atoms with Gasteiger partial charge in [0.2, 0.25) is 5.69 Å². The van der Waals surface area contributed by atoms with Gasteiger partial charge >= 0.3 is 0 Å². The van der Waals surface area contributed by atoms with Crippen LogP contribution in [-0.4, -0.2) is 0 Å². The number of hydrogen-bond donors (Lipinski definition) is 0. The second-order valence-electron chi connectivity index (χ2n) is 11.7. The second kappa shape index (κ2) is 9.51. The molecule has 6 rings (SSSR count). The summed E-state index contributed by atoms with van der Waals surface area (Å²) < 4.78 is 11.1. The van der Waals surface area contributed by atoms with Crippen molar-refractivity contribution in [3.8, 4) is 22.4 Å². The Kier molecular flexibility index (Phi) is 5.88. The molecule has 0 spiro atoms. The van der Waals surface area contributed by atoms with Crippen molar-refractivity contribution in [3.05, 3.63) is 89.6 Å². The van der Waals surface area contributed by atoms with Gasteiger partial charge in [0, 0.05) is 18.6 Å². The molecule has 184 valence electrons. The molecular formula is C35H40N+. The van der Waals surface area contributed by atoms with Gasteiger partial charge < -0.3 is 0 Å². The number of aromatic nitrogens is 1. The highest BCUT2D eigenvalue weighted by molar-refractivity contribution is 5.89. The van der Waals surface area contributed by atoms with E-state index >= 15 is 0 Å². The Bertz CT molecular complexity index is 1450. The maximum absolute atomic E-state index is 8.92. The number of fused-ring (bicyclic) bond motifs is 2. The van der Waals surface area contributed by atoms with E-state index in [4.69, 9.17) is 1.37 Å². The Balaban J connectivity index is 1.40. The minimum atomic E-state index is -0.699. The molecule has 0 bridgehead atoms. The molecular weight excluding hydrogens is 434 g/mol. The maximum atomic E-state index is 8.92. The Morgan fingerprint density at radius 1 is 0.833 bits per heavy atom. The van der Waals surface area contributed by atoms with Crippen LogP contribution in [0.3, 0.4) is 0 Å². The highest BCUT2D eigenvalue weighted by Crippen LogP contribution is 2.49. The molecule has 2 atom stereocenters. The molecule has 1 nitrogen and oxygen atoms in total. The number of rotatable bonds is 4. The van der Waals surface area contributed by atoms with Gasteiger partial charge in [-0.05, 0) is 88.6 Å². The molecule has 4 aromatic rings. The lowest BCUT2D eigenvalue weighted by Crippen LogP contribution is -2.32. The summed E-state index contributed by atoms with van der Waals surface area (Å²) in [6.07, 6.45) is 10.7. The molecule has 2 aliphatic rings. The fourth-order valence-electron chi connectivity index (χ4n) is 7.10. The molecule has 36 heavy (non-hydrogen) atoms. The zero-order valence-corrected chi connectivity index (χ0v) is 22.4. The average molecular weight is 476 g/mol. The monoisotopic (exact) mass is 475 g/mol. The predicted octanol–water partition coefficient (Wildman–Crippen LogP) is 9.11. The number of pyridine rings is 1. The lowest BCUT2D eigenvalue weighted by atomic mass is 9.82. The van der Waals surface area contributed by atoms with Crippen LogP contribution in [0.5, 0.6) is 0 Å². The lowest BCUT2D eigenvalue weighted by molar-refractivity contribution is -0.660. The summed E-state index contributed by atoms with van der Waals surface area (Å²) in [5.41, 5.74) is 8.62. The molecule has 1 aromatic heterocycles. The van der Waals surface area contributed by atoms with E-state index in [1.165, 1.54) is 77.2 Å². The van der Waals surface area contributed by atoms with Crippen molar-refractivity contribution in [1.82, 2.24) is 0 Å². The van der Waals surface area contributed by atoms with E-state index in [0.29, 0.717) is 0 Å². The molecule has 1 heteroatoms. The average Bonchev–Trinajstić information content (AvgIpc) is 3.32. The van der Waals surface area contributed by atoms with Crippen molar-refractivity contribution in [2.45, 2.75) is 71.1 Å². The van der Waals surface area contributed by atoms with E-state index in [1.54, 1.807) is 0 Å². The molecule has 3 aromatic carbocycles. The van der Waals surface area contributed by atoms with E-state index in [9.17, 15) is 0 Å². The quantitative estimate of drug-likeness (QED) is 0.259. The van der Waals surface area contributed by atoms with E-state index in [2.05, 4.69) is 91.5 Å². The van der Waals surface area contributed by atoms with Crippen LogP contribution in [0.15, 0.2) is 72.9 Å². The second-order valence-corrected chi connectivity index (χ2v) is 11.7. The van der Waals surface area contributed by atoms with Crippen molar-refractivity contribution in [1.29, 1.82) is 0 Å². The van der Waals surface area contributed by atoms with Gasteiger partial charge in [0.1, 0.15) is 7.05 Å². The first-order valence-electron chi connectivity index (χ1n) is 14.4. The first kappa shape index (κ1) is 22.3. The molecule has 0 N–H and O–H groups in total. The third-order valence-electron chi connectivity index (χ3n) is 9.12. The topological polar surface area (TPSA) is 3.88 Å². The van der Waals surface area contributed by atoms with Crippen LogP contribution in [0.4, 0.5) is 0 Å². The highest BCUT2D eigenvalue weighted by atomic mass is 14.9. The van der Waals surface area contributed by atoms with Crippen molar-refractivity contribution < 1.29 is 5.94 Å². The third kappa shape index (κ3) is 4.27. The van der Waals surface area contributed by atoms with Gasteiger partial charge in [-0.3, -0.25) is 0 Å². The summed E-state index contributed by atoms with van der Waals surface area (Å²) in [5, 5.41) is 2.62. The summed E-state index contributed by atoms with van der Waals surface area (Å²) in [5.74, 6) is 1.96. The number of aryl methyl sites for hydroxylation is 2. The molecule has 0 amide bonds. The first-order chi connectivity index (χ1) is 17.8. The highest BCUT2D eigenvalue weighted by Gasteiger charge is 2.36. The Hall–Kier alpha value is -2.93. The van der Waals surface area contributed by atoms with Crippen LogP contribution in [0.2, 0.25) is 0 Å². The van der Waals surface area contributed by atoms with E-state index < -0.39 is 5.89 Å². The van der Waals surface area contributed by atoms with Crippen LogP contribution in [-0.2, 0) is 7.05 Å². The van der Waals surface area contributed by atoms with Gasteiger partial charge in [0.15, 0.2) is 6.20 Å². The van der Waals surface area contributed by atoms with Crippen LogP contribution >= 0.6 is 0 Å². The number of benzene rings is 3. The fourth-order valence-corrected chi connectivity index (χ4v) is 7.10. The maximum Gasteiger partial charge on any atom is 0.213 e. The fraction of sp³-hybridized carbons (Fsp3) is 0.400. The third-order valence-corrected chi connectivity index (χ3v) is 9.12. The van der Waals surface area contributed by atoms with Gasteiger partial charge in [0.25, 0.3) is 0 Å². The van der Waals surface area contributed by atoms with Gasteiger partial charge in [-0.15, -0.1) is 0 Å². The molecule has 1 heterocycles. The predicted molar refractivity (Wildman–Crippen MR) is 152 cm³/mol. The van der Waals surface area contributed by atoms with Crippen molar-refractivity contribution in [2.75, 3.05) is 0 Å². The molecule has 2 saturated carbocycles. The first-order valence-corrected chi connectivity index (χ1v) is 13.9. The minimum absolute atomic E-state index is 0.699. The Morgan fingerprint density at radius 3 is 2.25 bits per heavy atom. The standard InChI is InChI=1S/C35H40N/c1-23(2)34-22-36(4)35(32-12-8-5-9-24(32)3)21-33(34)30-16-15-27-17-29(14-13-28(27)18-30)31-19-25-10-6-7-11-26(25)20-31/h5,8-9,12-18,21-23,25-26,31H,6-7,10-11,19-20H2,1-4H3/q+1/i23D. The smallest absolute Gasteiger partial charge is 0.201 e. The largest absolute Gasteiger partial charge is 0.213 e. The van der Waals surface area contributed by atoms with Gasteiger partial charge in [-0.1, -0.05) is 88.1 Å². The normalized spacial score (nSPS) is 22.4. The van der Waals surface area contributed by atoms with Crippen LogP contribution in [0.25, 0.3) is 33.2 Å². The molecule has 0 radical (unpaired) electrons. The zero-order chi connectivity index (χ0) is 25.7. The molecule has 0 saturated heterocycles. The van der Waals surface area contributed by atoms with Gasteiger partial charge in [-0.2, -0.15) is 0 Å². The van der Waals surface area contributed by atoms with E-state index in [0.717, 1.165) is 28.9 Å². The summed E-state index contributed by atoms with van der Waals surface area (Å²) in [6, 6.07) is 25.0. The summed E-state index contributed by atoms with van der Waals surface area (Å²) in [6.45, 7) is 6.15. The Morgan fingerprint density at radius 2 is 1.53 bits per heavy atom. The van der Waals surface area contributed by atoms with Crippen molar-refractivity contribution in [3.63, 3.8) is 0 Å². The molecule has 0 aliphatic heterocycles. The summed E-state index contributed by atoms with van der Waals surface area (Å²) in [4.78, 5) is 0. The summed E-state index contributed by atoms with van der Waals surface area (Å²) in [7, 11) is 2.10. The van der Waals surface area contributed by atoms with Gasteiger partial charge in [-0.25, -0.2) is 4.57 Å². The SMILES string of the molecule is [2H]C(C)(C)c1c[n+](C)c(-c2ccccc2C)cc1-c1ccc2cc(C3CC4CCCCC4C3)ccc2c1. The number of nitrogens with zero attached hydrogens (tertiary/aromatic N) is 1. The molecule has 2 fully saturated rings. The van der Waals surface area contributed by atoms with Crippen molar-refractivity contribution in [2.24, 2.45) is 18.9 Å². The van der Waals surface area contributed by atoms with Gasteiger partial charge in [0.05, 0.1) is 0 Å². The zero-order valence-electron chi connectivity index (χ0n) is 23.4. The van der Waals surface area contributed by atoms with Crippen LogP contribution in [0.1, 0.15) is 82.2 Å².